The monoisotopic (exact) mass is 184 g/mol. The fourth-order valence-electron chi connectivity index (χ4n) is 1.08. The fourth-order valence-corrected chi connectivity index (χ4v) is 1.94. The molecule has 0 bridgehead atoms. The van der Waals surface area contributed by atoms with Crippen LogP contribution in [0.3, 0.4) is 0 Å². The summed E-state index contributed by atoms with van der Waals surface area (Å²) in [5.41, 5.74) is 0. The highest BCUT2D eigenvalue weighted by molar-refractivity contribution is 7.11. The molecule has 1 heterocycles. The molecule has 0 amide bonds. The Morgan fingerprint density at radius 1 is 1.50 bits per heavy atom. The molecule has 0 radical (unpaired) electrons. The number of rotatable bonds is 4. The van der Waals surface area contributed by atoms with E-state index < -0.39 is 0 Å². The number of hydrogen-bond donors (Lipinski definition) is 1. The minimum atomic E-state index is 0.757. The highest BCUT2D eigenvalue weighted by Gasteiger charge is 2.02. The van der Waals surface area contributed by atoms with E-state index in [0.29, 0.717) is 0 Å². The number of thiophene rings is 1. The van der Waals surface area contributed by atoms with Crippen LogP contribution in [-0.4, -0.2) is 6.04 Å². The fraction of sp³-hybridized carbons (Fsp3) is 0.600. The third kappa shape index (κ3) is 2.95. The zero-order valence-corrected chi connectivity index (χ0v) is 8.95. The van der Waals surface area contributed by atoms with Crippen LogP contribution in [0.15, 0.2) is 12.1 Å². The standard InChI is InChI=1S/C10H17NS/c1-4-8(2)11-7-10-6-5-9(3)12-10/h5-6,8,11H,4,7H2,1-3H3/p+1/t8-/m0/s1. The smallest absolute Gasteiger partial charge is 0.111 e. The van der Waals surface area contributed by atoms with E-state index in [-0.39, 0.29) is 0 Å². The highest BCUT2D eigenvalue weighted by Crippen LogP contribution is 2.13. The molecule has 12 heavy (non-hydrogen) atoms. The van der Waals surface area contributed by atoms with Gasteiger partial charge >= 0.3 is 0 Å². The van der Waals surface area contributed by atoms with Gasteiger partial charge in [-0.3, -0.25) is 0 Å². The van der Waals surface area contributed by atoms with Gasteiger partial charge in [0.2, 0.25) is 0 Å². The predicted molar refractivity (Wildman–Crippen MR) is 54.4 cm³/mol. The van der Waals surface area contributed by atoms with Gasteiger partial charge in [-0.2, -0.15) is 0 Å². The molecule has 0 aromatic carbocycles. The average molecular weight is 184 g/mol. The van der Waals surface area contributed by atoms with Crippen molar-refractivity contribution in [2.75, 3.05) is 0 Å². The molecule has 0 aliphatic heterocycles. The summed E-state index contributed by atoms with van der Waals surface area (Å²) in [4.78, 5) is 2.91. The third-order valence-electron chi connectivity index (χ3n) is 2.16. The van der Waals surface area contributed by atoms with Crippen molar-refractivity contribution < 1.29 is 5.32 Å². The van der Waals surface area contributed by atoms with Gasteiger partial charge in [-0.25, -0.2) is 0 Å². The Balaban J connectivity index is 2.33. The summed E-state index contributed by atoms with van der Waals surface area (Å²) in [6.07, 6.45) is 1.25. The van der Waals surface area contributed by atoms with Crippen LogP contribution in [0.25, 0.3) is 0 Å². The topological polar surface area (TPSA) is 16.6 Å². The molecule has 1 aromatic rings. The Morgan fingerprint density at radius 2 is 2.25 bits per heavy atom. The zero-order valence-electron chi connectivity index (χ0n) is 8.13. The van der Waals surface area contributed by atoms with Gasteiger partial charge in [-0.15, -0.1) is 11.3 Å². The van der Waals surface area contributed by atoms with E-state index in [1.54, 1.807) is 0 Å². The quantitative estimate of drug-likeness (QED) is 0.736. The number of aryl methyl sites for hydroxylation is 1. The largest absolute Gasteiger partial charge is 0.340 e. The molecule has 0 fully saturated rings. The van der Waals surface area contributed by atoms with E-state index >= 15 is 0 Å². The number of nitrogens with two attached hydrogens (primary N) is 1. The third-order valence-corrected chi connectivity index (χ3v) is 3.18. The lowest BCUT2D eigenvalue weighted by molar-refractivity contribution is -0.701. The van der Waals surface area contributed by atoms with Crippen LogP contribution < -0.4 is 5.32 Å². The Labute approximate surface area is 78.8 Å². The van der Waals surface area contributed by atoms with Crippen LogP contribution in [0.5, 0.6) is 0 Å². The molecule has 68 valence electrons. The lowest BCUT2D eigenvalue weighted by atomic mass is 10.2. The molecule has 1 nitrogen and oxygen atoms in total. The molecular weight excluding hydrogens is 166 g/mol. The summed E-state index contributed by atoms with van der Waals surface area (Å²) in [7, 11) is 0. The second kappa shape index (κ2) is 4.63. The van der Waals surface area contributed by atoms with E-state index in [2.05, 4.69) is 38.2 Å². The van der Waals surface area contributed by atoms with Crippen LogP contribution in [0.1, 0.15) is 30.0 Å². The molecule has 2 heteroatoms. The first kappa shape index (κ1) is 9.75. The molecule has 0 saturated carbocycles. The van der Waals surface area contributed by atoms with Gasteiger partial charge in [0.1, 0.15) is 6.54 Å². The second-order valence-electron chi connectivity index (χ2n) is 3.34. The summed E-state index contributed by atoms with van der Waals surface area (Å²) in [5.74, 6) is 0. The second-order valence-corrected chi connectivity index (χ2v) is 4.71. The van der Waals surface area contributed by atoms with Crippen molar-refractivity contribution in [1.29, 1.82) is 0 Å². The Hall–Kier alpha value is -0.340. The summed E-state index contributed by atoms with van der Waals surface area (Å²) < 4.78 is 0. The van der Waals surface area contributed by atoms with Gasteiger partial charge in [0.05, 0.1) is 10.9 Å². The molecule has 1 atom stereocenters. The van der Waals surface area contributed by atoms with Crippen molar-refractivity contribution in [3.63, 3.8) is 0 Å². The molecule has 0 unspecified atom stereocenters. The normalized spacial score (nSPS) is 13.2. The summed E-state index contributed by atoms with van der Waals surface area (Å²) >= 11 is 1.91. The van der Waals surface area contributed by atoms with Gasteiger partial charge in [0.25, 0.3) is 0 Å². The molecule has 0 aliphatic carbocycles. The van der Waals surface area contributed by atoms with Crippen LogP contribution in [0.2, 0.25) is 0 Å². The van der Waals surface area contributed by atoms with E-state index in [0.717, 1.165) is 12.6 Å². The SMILES string of the molecule is CC[C@H](C)[NH2+]Cc1ccc(C)s1. The molecule has 0 aliphatic rings. The van der Waals surface area contributed by atoms with Crippen molar-refractivity contribution in [3.8, 4) is 0 Å². The number of quaternary nitrogens is 1. The lowest BCUT2D eigenvalue weighted by Crippen LogP contribution is -2.87. The lowest BCUT2D eigenvalue weighted by Gasteiger charge is -2.05. The van der Waals surface area contributed by atoms with Crippen molar-refractivity contribution in [3.05, 3.63) is 21.9 Å². The van der Waals surface area contributed by atoms with Gasteiger partial charge in [-0.05, 0) is 32.4 Å². The van der Waals surface area contributed by atoms with Crippen LogP contribution in [-0.2, 0) is 6.54 Å². The van der Waals surface area contributed by atoms with Gasteiger partial charge in [-0.1, -0.05) is 6.92 Å². The molecular formula is C10H18NS+. The highest BCUT2D eigenvalue weighted by atomic mass is 32.1. The van der Waals surface area contributed by atoms with Crippen molar-refractivity contribution in [1.82, 2.24) is 0 Å². The van der Waals surface area contributed by atoms with Gasteiger partial charge in [0.15, 0.2) is 0 Å². The summed E-state index contributed by atoms with van der Waals surface area (Å²) in [6.45, 7) is 7.83. The van der Waals surface area contributed by atoms with Crippen molar-refractivity contribution in [2.24, 2.45) is 0 Å². The molecule has 0 saturated heterocycles. The first-order valence-corrected chi connectivity index (χ1v) is 5.42. The maximum atomic E-state index is 2.41. The molecule has 1 aromatic heterocycles. The van der Waals surface area contributed by atoms with E-state index in [1.807, 2.05) is 11.3 Å². The first-order valence-electron chi connectivity index (χ1n) is 4.61. The average Bonchev–Trinajstić information content (AvgIpc) is 2.47. The molecule has 1 rings (SSSR count). The maximum Gasteiger partial charge on any atom is 0.111 e. The minimum absolute atomic E-state index is 0.757. The number of hydrogen-bond acceptors (Lipinski definition) is 1. The minimum Gasteiger partial charge on any atom is -0.340 e. The summed E-state index contributed by atoms with van der Waals surface area (Å²) in [5, 5.41) is 2.41. The first-order chi connectivity index (χ1) is 5.72. The molecule has 2 N–H and O–H groups in total. The van der Waals surface area contributed by atoms with E-state index in [1.165, 1.54) is 16.2 Å². The van der Waals surface area contributed by atoms with Crippen molar-refractivity contribution in [2.45, 2.75) is 39.8 Å². The Kier molecular flexibility index (Phi) is 3.76. The van der Waals surface area contributed by atoms with Crippen LogP contribution in [0.4, 0.5) is 0 Å². The summed E-state index contributed by atoms with van der Waals surface area (Å²) in [6, 6.07) is 5.19. The van der Waals surface area contributed by atoms with Gasteiger partial charge in [0, 0.05) is 4.88 Å². The Bertz CT molecular complexity index is 229. The van der Waals surface area contributed by atoms with Gasteiger partial charge < -0.3 is 5.32 Å². The molecule has 0 spiro atoms. The van der Waals surface area contributed by atoms with Crippen molar-refractivity contribution >= 4 is 11.3 Å². The van der Waals surface area contributed by atoms with Crippen LogP contribution >= 0.6 is 11.3 Å². The maximum absolute atomic E-state index is 2.41. The van der Waals surface area contributed by atoms with Crippen LogP contribution in [0, 0.1) is 6.92 Å². The predicted octanol–water partition coefficient (Wildman–Crippen LogP) is 1.92. The van der Waals surface area contributed by atoms with E-state index in [4.69, 9.17) is 0 Å². The Morgan fingerprint density at radius 3 is 2.75 bits per heavy atom. The zero-order chi connectivity index (χ0) is 8.97. The van der Waals surface area contributed by atoms with E-state index in [9.17, 15) is 0 Å².